The molecule has 0 aliphatic carbocycles. The zero-order valence-corrected chi connectivity index (χ0v) is 14.4. The van der Waals surface area contributed by atoms with E-state index in [4.69, 9.17) is 18.9 Å². The topological polar surface area (TPSA) is 69.2 Å². The van der Waals surface area contributed by atoms with Crippen LogP contribution in [0.25, 0.3) is 21.9 Å². The lowest BCUT2D eigenvalue weighted by molar-refractivity contribution is 0.174. The van der Waals surface area contributed by atoms with Crippen LogP contribution in [0, 0.1) is 0 Å². The molecule has 132 valence electrons. The van der Waals surface area contributed by atoms with Crippen molar-refractivity contribution in [1.82, 2.24) is 0 Å². The van der Waals surface area contributed by atoms with Gasteiger partial charge in [0.1, 0.15) is 0 Å². The fourth-order valence-corrected chi connectivity index (χ4v) is 3.74. The Morgan fingerprint density at radius 2 is 1.81 bits per heavy atom. The SMILES string of the molecule is COc1ccc2cc3c(c(O)c2c1OC)NCc1cc2c(cc1-3)OCO2. The van der Waals surface area contributed by atoms with Gasteiger partial charge in [0, 0.05) is 12.1 Å². The number of hydrogen-bond acceptors (Lipinski definition) is 6. The molecule has 2 N–H and O–H groups in total. The van der Waals surface area contributed by atoms with Gasteiger partial charge in [-0.3, -0.25) is 0 Å². The lowest BCUT2D eigenvalue weighted by Crippen LogP contribution is -2.09. The van der Waals surface area contributed by atoms with E-state index in [2.05, 4.69) is 5.32 Å². The Balaban J connectivity index is 1.81. The Hall–Kier alpha value is -3.28. The number of phenols is 1. The van der Waals surface area contributed by atoms with Crippen LogP contribution in [0.1, 0.15) is 5.56 Å². The van der Waals surface area contributed by atoms with Gasteiger partial charge in [-0.1, -0.05) is 6.07 Å². The number of ether oxygens (including phenoxy) is 4. The monoisotopic (exact) mass is 351 g/mol. The van der Waals surface area contributed by atoms with E-state index in [0.29, 0.717) is 29.1 Å². The van der Waals surface area contributed by atoms with Gasteiger partial charge in [-0.05, 0) is 40.8 Å². The van der Waals surface area contributed by atoms with Crippen LogP contribution in [0.5, 0.6) is 28.7 Å². The first kappa shape index (κ1) is 15.0. The summed E-state index contributed by atoms with van der Waals surface area (Å²) in [6.45, 7) is 0.822. The molecule has 26 heavy (non-hydrogen) atoms. The van der Waals surface area contributed by atoms with Crippen molar-refractivity contribution in [2.45, 2.75) is 6.54 Å². The predicted octanol–water partition coefficient (Wildman–Crippen LogP) is 3.88. The van der Waals surface area contributed by atoms with E-state index in [-0.39, 0.29) is 12.5 Å². The van der Waals surface area contributed by atoms with Crippen LogP contribution in [0.4, 0.5) is 5.69 Å². The highest BCUT2D eigenvalue weighted by atomic mass is 16.7. The predicted molar refractivity (Wildman–Crippen MR) is 97.6 cm³/mol. The van der Waals surface area contributed by atoms with Gasteiger partial charge in [-0.15, -0.1) is 0 Å². The van der Waals surface area contributed by atoms with Gasteiger partial charge in [-0.25, -0.2) is 0 Å². The summed E-state index contributed by atoms with van der Waals surface area (Å²) in [7, 11) is 3.15. The van der Waals surface area contributed by atoms with Gasteiger partial charge in [0.05, 0.1) is 25.3 Å². The highest BCUT2D eigenvalue weighted by molar-refractivity contribution is 6.06. The van der Waals surface area contributed by atoms with Gasteiger partial charge in [-0.2, -0.15) is 0 Å². The van der Waals surface area contributed by atoms with Crippen LogP contribution < -0.4 is 24.3 Å². The molecule has 0 saturated heterocycles. The average molecular weight is 351 g/mol. The molecule has 6 heteroatoms. The number of anilines is 1. The third kappa shape index (κ3) is 1.92. The third-order valence-corrected chi connectivity index (χ3v) is 4.96. The number of aromatic hydroxyl groups is 1. The second-order valence-electron chi connectivity index (χ2n) is 6.26. The van der Waals surface area contributed by atoms with E-state index in [9.17, 15) is 5.11 Å². The molecule has 0 bridgehead atoms. The zero-order chi connectivity index (χ0) is 17.8. The van der Waals surface area contributed by atoms with Crippen LogP contribution in [0.15, 0.2) is 30.3 Å². The van der Waals surface area contributed by atoms with Crippen LogP contribution in [0.2, 0.25) is 0 Å². The number of nitrogens with one attached hydrogen (secondary N) is 1. The molecule has 0 unspecified atom stereocenters. The standard InChI is InChI=1S/C20H17NO5/c1-23-14-4-3-10-5-13-12-7-16-15(25-9-26-16)6-11(12)8-21-18(13)19(22)17(10)20(14)24-2/h3-7,21-22H,8-9H2,1-2H3. The summed E-state index contributed by atoms with van der Waals surface area (Å²) in [6, 6.07) is 9.76. The van der Waals surface area contributed by atoms with Gasteiger partial charge >= 0.3 is 0 Å². The van der Waals surface area contributed by atoms with E-state index >= 15 is 0 Å². The van der Waals surface area contributed by atoms with Crippen molar-refractivity contribution in [2.24, 2.45) is 0 Å². The fourth-order valence-electron chi connectivity index (χ4n) is 3.74. The van der Waals surface area contributed by atoms with E-state index in [0.717, 1.165) is 33.6 Å². The second kappa shape index (κ2) is 5.36. The van der Waals surface area contributed by atoms with Gasteiger partial charge in [0.2, 0.25) is 6.79 Å². The molecule has 3 aromatic rings. The smallest absolute Gasteiger partial charge is 0.231 e. The first-order chi connectivity index (χ1) is 12.7. The molecule has 2 heterocycles. The lowest BCUT2D eigenvalue weighted by Gasteiger charge is -2.24. The van der Waals surface area contributed by atoms with Gasteiger partial charge < -0.3 is 29.4 Å². The minimum Gasteiger partial charge on any atom is -0.505 e. The zero-order valence-electron chi connectivity index (χ0n) is 14.4. The average Bonchev–Trinajstić information content (AvgIpc) is 3.12. The molecule has 0 fully saturated rings. The maximum atomic E-state index is 11.0. The van der Waals surface area contributed by atoms with Gasteiger partial charge in [0.15, 0.2) is 28.7 Å². The molecule has 0 aromatic heterocycles. The van der Waals surface area contributed by atoms with E-state index in [1.807, 2.05) is 30.3 Å². The Bertz CT molecular complexity index is 1060. The summed E-state index contributed by atoms with van der Waals surface area (Å²) in [5, 5.41) is 15.8. The molecule has 0 amide bonds. The highest BCUT2D eigenvalue weighted by Gasteiger charge is 2.26. The largest absolute Gasteiger partial charge is 0.505 e. The van der Waals surface area contributed by atoms with Gasteiger partial charge in [0.25, 0.3) is 0 Å². The molecular formula is C20H17NO5. The van der Waals surface area contributed by atoms with E-state index < -0.39 is 0 Å². The Morgan fingerprint density at radius 3 is 2.58 bits per heavy atom. The van der Waals surface area contributed by atoms with Crippen LogP contribution in [-0.2, 0) is 6.54 Å². The minimum atomic E-state index is 0.150. The quantitative estimate of drug-likeness (QED) is 0.683. The number of fused-ring (bicyclic) bond motifs is 5. The first-order valence-electron chi connectivity index (χ1n) is 8.28. The summed E-state index contributed by atoms with van der Waals surface area (Å²) in [6.07, 6.45) is 0. The molecule has 2 aliphatic heterocycles. The van der Waals surface area contributed by atoms with Crippen molar-refractivity contribution >= 4 is 16.5 Å². The molecule has 6 nitrogen and oxygen atoms in total. The van der Waals surface area contributed by atoms with E-state index in [1.54, 1.807) is 14.2 Å². The number of phenolic OH excluding ortho intramolecular Hbond substituents is 1. The Kier molecular flexibility index (Phi) is 3.09. The molecular weight excluding hydrogens is 334 g/mol. The number of benzene rings is 3. The highest BCUT2D eigenvalue weighted by Crippen LogP contribution is 2.51. The van der Waals surface area contributed by atoms with E-state index in [1.165, 1.54) is 0 Å². The summed E-state index contributed by atoms with van der Waals surface area (Å²) < 4.78 is 21.9. The van der Waals surface area contributed by atoms with Crippen LogP contribution in [0.3, 0.4) is 0 Å². The summed E-state index contributed by atoms with van der Waals surface area (Å²) >= 11 is 0. The number of hydrogen-bond donors (Lipinski definition) is 2. The Labute approximate surface area is 149 Å². The number of rotatable bonds is 2. The minimum absolute atomic E-state index is 0.150. The van der Waals surface area contributed by atoms with Crippen molar-refractivity contribution in [1.29, 1.82) is 0 Å². The molecule has 2 aliphatic rings. The van der Waals surface area contributed by atoms with Crippen LogP contribution in [-0.4, -0.2) is 26.1 Å². The molecule has 0 atom stereocenters. The normalized spacial score (nSPS) is 13.8. The molecule has 0 radical (unpaired) electrons. The maximum absolute atomic E-state index is 11.0. The summed E-state index contributed by atoms with van der Waals surface area (Å²) in [4.78, 5) is 0. The molecule has 0 spiro atoms. The number of methoxy groups -OCH3 is 2. The molecule has 3 aromatic carbocycles. The maximum Gasteiger partial charge on any atom is 0.231 e. The van der Waals surface area contributed by atoms with Crippen molar-refractivity contribution < 1.29 is 24.1 Å². The van der Waals surface area contributed by atoms with Crippen molar-refractivity contribution in [3.8, 4) is 39.9 Å². The second-order valence-corrected chi connectivity index (χ2v) is 6.26. The summed E-state index contributed by atoms with van der Waals surface area (Å²) in [5.74, 6) is 2.73. The third-order valence-electron chi connectivity index (χ3n) is 4.96. The van der Waals surface area contributed by atoms with Crippen molar-refractivity contribution in [2.75, 3.05) is 26.3 Å². The summed E-state index contributed by atoms with van der Waals surface area (Å²) in [5.41, 5.74) is 3.72. The molecule has 0 saturated carbocycles. The lowest BCUT2D eigenvalue weighted by atomic mass is 9.91. The van der Waals surface area contributed by atoms with Crippen LogP contribution >= 0.6 is 0 Å². The Morgan fingerprint density at radius 1 is 1.00 bits per heavy atom. The van der Waals surface area contributed by atoms with Crippen molar-refractivity contribution in [3.05, 3.63) is 35.9 Å². The molecule has 5 rings (SSSR count). The first-order valence-corrected chi connectivity index (χ1v) is 8.28. The van der Waals surface area contributed by atoms with Crippen molar-refractivity contribution in [3.63, 3.8) is 0 Å². The fraction of sp³-hybridized carbons (Fsp3) is 0.200.